The van der Waals surface area contributed by atoms with Gasteiger partial charge in [0.05, 0.1) is 0 Å². The van der Waals surface area contributed by atoms with Crippen molar-refractivity contribution in [2.24, 2.45) is 0 Å². The van der Waals surface area contributed by atoms with Crippen molar-refractivity contribution in [2.45, 2.75) is 19.4 Å². The summed E-state index contributed by atoms with van der Waals surface area (Å²) in [5.41, 5.74) is 0.535. The lowest BCUT2D eigenvalue weighted by Crippen LogP contribution is -2.20. The molecule has 0 aliphatic rings. The number of hydrogen-bond acceptors (Lipinski definition) is 3. The molecule has 1 aromatic carbocycles. The SMILES string of the molecule is C[C@@H](NCCCO)c1cc(F)ccc1O. The van der Waals surface area contributed by atoms with Gasteiger partial charge in [-0.3, -0.25) is 0 Å². The molecule has 84 valence electrons. The number of aliphatic hydroxyl groups excluding tert-OH is 1. The van der Waals surface area contributed by atoms with E-state index in [2.05, 4.69) is 5.32 Å². The second-order valence-corrected chi connectivity index (χ2v) is 3.46. The molecule has 0 spiro atoms. The summed E-state index contributed by atoms with van der Waals surface area (Å²) in [7, 11) is 0. The highest BCUT2D eigenvalue weighted by atomic mass is 19.1. The fourth-order valence-corrected chi connectivity index (χ4v) is 1.38. The van der Waals surface area contributed by atoms with Crippen LogP contribution in [0, 0.1) is 5.82 Å². The highest BCUT2D eigenvalue weighted by Gasteiger charge is 2.10. The molecule has 0 aliphatic heterocycles. The van der Waals surface area contributed by atoms with E-state index in [9.17, 15) is 9.50 Å². The lowest BCUT2D eigenvalue weighted by molar-refractivity contribution is 0.283. The van der Waals surface area contributed by atoms with Crippen LogP contribution in [0.2, 0.25) is 0 Å². The van der Waals surface area contributed by atoms with Crippen LogP contribution in [-0.4, -0.2) is 23.4 Å². The maximum Gasteiger partial charge on any atom is 0.123 e. The van der Waals surface area contributed by atoms with Crippen molar-refractivity contribution in [1.82, 2.24) is 5.32 Å². The molecular weight excluding hydrogens is 197 g/mol. The minimum absolute atomic E-state index is 0.0837. The molecule has 0 aliphatic carbocycles. The van der Waals surface area contributed by atoms with Crippen molar-refractivity contribution in [3.63, 3.8) is 0 Å². The summed E-state index contributed by atoms with van der Waals surface area (Å²) in [6, 6.07) is 3.74. The van der Waals surface area contributed by atoms with E-state index in [-0.39, 0.29) is 24.2 Å². The quantitative estimate of drug-likeness (QED) is 0.651. The van der Waals surface area contributed by atoms with E-state index in [0.29, 0.717) is 18.5 Å². The van der Waals surface area contributed by atoms with Gasteiger partial charge in [-0.2, -0.15) is 0 Å². The molecule has 0 heterocycles. The standard InChI is InChI=1S/C11H16FNO2/c1-8(13-5-2-6-14)10-7-9(12)3-4-11(10)15/h3-4,7-8,13-15H,2,5-6H2,1H3/t8-/m1/s1. The fourth-order valence-electron chi connectivity index (χ4n) is 1.38. The Balaban J connectivity index is 2.64. The number of aliphatic hydroxyl groups is 1. The summed E-state index contributed by atoms with van der Waals surface area (Å²) in [6.07, 6.45) is 0.639. The lowest BCUT2D eigenvalue weighted by Gasteiger charge is -2.15. The van der Waals surface area contributed by atoms with E-state index in [1.54, 1.807) is 0 Å². The molecule has 15 heavy (non-hydrogen) atoms. The van der Waals surface area contributed by atoms with Gasteiger partial charge in [0.1, 0.15) is 11.6 Å². The van der Waals surface area contributed by atoms with Gasteiger partial charge in [-0.1, -0.05) is 0 Å². The molecular formula is C11H16FNO2. The first kappa shape index (κ1) is 11.9. The summed E-state index contributed by atoms with van der Waals surface area (Å²) in [5, 5.41) is 21.2. The van der Waals surface area contributed by atoms with Crippen LogP contribution in [0.1, 0.15) is 24.9 Å². The number of benzene rings is 1. The Morgan fingerprint density at radius 2 is 2.20 bits per heavy atom. The second kappa shape index (κ2) is 5.68. The molecule has 0 unspecified atom stereocenters. The topological polar surface area (TPSA) is 52.5 Å². The van der Waals surface area contributed by atoms with Crippen LogP contribution in [0.25, 0.3) is 0 Å². The summed E-state index contributed by atoms with van der Waals surface area (Å²) in [4.78, 5) is 0. The van der Waals surface area contributed by atoms with E-state index in [1.807, 2.05) is 6.92 Å². The minimum Gasteiger partial charge on any atom is -0.508 e. The third-order valence-corrected chi connectivity index (χ3v) is 2.24. The van der Waals surface area contributed by atoms with Gasteiger partial charge in [0.15, 0.2) is 0 Å². The van der Waals surface area contributed by atoms with Crippen molar-refractivity contribution in [1.29, 1.82) is 0 Å². The predicted octanol–water partition coefficient (Wildman–Crippen LogP) is 1.56. The molecule has 3 nitrogen and oxygen atoms in total. The van der Waals surface area contributed by atoms with Gasteiger partial charge in [-0.15, -0.1) is 0 Å². The van der Waals surface area contributed by atoms with Crippen LogP contribution in [-0.2, 0) is 0 Å². The summed E-state index contributed by atoms with van der Waals surface area (Å²) in [6.45, 7) is 2.59. The number of halogens is 1. The summed E-state index contributed by atoms with van der Waals surface area (Å²) in [5.74, 6) is -0.279. The zero-order valence-corrected chi connectivity index (χ0v) is 8.70. The summed E-state index contributed by atoms with van der Waals surface area (Å²) < 4.78 is 12.9. The number of phenolic OH excluding ortho intramolecular Hbond substituents is 1. The highest BCUT2D eigenvalue weighted by Crippen LogP contribution is 2.24. The number of rotatable bonds is 5. The van der Waals surface area contributed by atoms with Gasteiger partial charge >= 0.3 is 0 Å². The molecule has 0 bridgehead atoms. The Bertz CT molecular complexity index is 317. The van der Waals surface area contributed by atoms with Crippen LogP contribution in [0.15, 0.2) is 18.2 Å². The molecule has 3 N–H and O–H groups in total. The maximum atomic E-state index is 12.9. The zero-order valence-electron chi connectivity index (χ0n) is 8.70. The number of nitrogens with one attached hydrogen (secondary N) is 1. The predicted molar refractivity (Wildman–Crippen MR) is 56.2 cm³/mol. The van der Waals surface area contributed by atoms with Crippen LogP contribution < -0.4 is 5.32 Å². The van der Waals surface area contributed by atoms with Crippen molar-refractivity contribution in [3.8, 4) is 5.75 Å². The second-order valence-electron chi connectivity index (χ2n) is 3.46. The molecule has 0 saturated carbocycles. The van der Waals surface area contributed by atoms with Crippen LogP contribution in [0.5, 0.6) is 5.75 Å². The van der Waals surface area contributed by atoms with Crippen molar-refractivity contribution < 1.29 is 14.6 Å². The Hall–Kier alpha value is -1.13. The largest absolute Gasteiger partial charge is 0.508 e. The first-order chi connectivity index (χ1) is 7.15. The van der Waals surface area contributed by atoms with Crippen LogP contribution >= 0.6 is 0 Å². The van der Waals surface area contributed by atoms with E-state index in [1.165, 1.54) is 18.2 Å². The highest BCUT2D eigenvalue weighted by molar-refractivity contribution is 5.34. The first-order valence-corrected chi connectivity index (χ1v) is 4.98. The van der Waals surface area contributed by atoms with Gasteiger partial charge in [-0.05, 0) is 38.1 Å². The summed E-state index contributed by atoms with van der Waals surface area (Å²) >= 11 is 0. The maximum absolute atomic E-state index is 12.9. The van der Waals surface area contributed by atoms with Gasteiger partial charge in [0.25, 0.3) is 0 Å². The molecule has 1 aromatic rings. The molecule has 4 heteroatoms. The average Bonchev–Trinajstić information content (AvgIpc) is 2.22. The average molecular weight is 213 g/mol. The molecule has 0 radical (unpaired) electrons. The Morgan fingerprint density at radius 1 is 1.47 bits per heavy atom. The van der Waals surface area contributed by atoms with Crippen LogP contribution in [0.4, 0.5) is 4.39 Å². The van der Waals surface area contributed by atoms with E-state index >= 15 is 0 Å². The Kier molecular flexibility index (Phi) is 4.52. The molecule has 0 amide bonds. The number of phenols is 1. The van der Waals surface area contributed by atoms with Gasteiger partial charge in [0.2, 0.25) is 0 Å². The van der Waals surface area contributed by atoms with Crippen molar-refractivity contribution >= 4 is 0 Å². The zero-order chi connectivity index (χ0) is 11.3. The first-order valence-electron chi connectivity index (χ1n) is 4.98. The normalized spacial score (nSPS) is 12.7. The van der Waals surface area contributed by atoms with E-state index < -0.39 is 0 Å². The van der Waals surface area contributed by atoms with Gasteiger partial charge in [-0.25, -0.2) is 4.39 Å². The molecule has 0 saturated heterocycles. The molecule has 0 aromatic heterocycles. The molecule has 0 fully saturated rings. The van der Waals surface area contributed by atoms with Gasteiger partial charge < -0.3 is 15.5 Å². The molecule has 1 rings (SSSR count). The smallest absolute Gasteiger partial charge is 0.123 e. The number of aromatic hydroxyl groups is 1. The fraction of sp³-hybridized carbons (Fsp3) is 0.455. The van der Waals surface area contributed by atoms with Crippen molar-refractivity contribution in [2.75, 3.05) is 13.2 Å². The third kappa shape index (κ3) is 3.49. The van der Waals surface area contributed by atoms with E-state index in [0.717, 1.165) is 0 Å². The monoisotopic (exact) mass is 213 g/mol. The minimum atomic E-state index is -0.362. The number of hydrogen-bond donors (Lipinski definition) is 3. The van der Waals surface area contributed by atoms with E-state index in [4.69, 9.17) is 5.11 Å². The Labute approximate surface area is 88.6 Å². The lowest BCUT2D eigenvalue weighted by atomic mass is 10.1. The van der Waals surface area contributed by atoms with Gasteiger partial charge in [0, 0.05) is 18.2 Å². The molecule has 1 atom stereocenters. The Morgan fingerprint density at radius 3 is 2.87 bits per heavy atom. The van der Waals surface area contributed by atoms with Crippen LogP contribution in [0.3, 0.4) is 0 Å². The third-order valence-electron chi connectivity index (χ3n) is 2.24. The van der Waals surface area contributed by atoms with Crippen molar-refractivity contribution in [3.05, 3.63) is 29.6 Å².